The third kappa shape index (κ3) is 3.76. The van der Waals surface area contributed by atoms with E-state index in [1.165, 1.54) is 11.5 Å². The Bertz CT molecular complexity index is 774. The molecule has 0 spiro atoms. The van der Waals surface area contributed by atoms with Crippen LogP contribution in [0.25, 0.3) is 0 Å². The predicted octanol–water partition coefficient (Wildman–Crippen LogP) is -1.32. The molecule has 8 nitrogen and oxygen atoms in total. The summed E-state index contributed by atoms with van der Waals surface area (Å²) in [4.78, 5) is 29.9. The number of sulfone groups is 1. The van der Waals surface area contributed by atoms with Crippen molar-refractivity contribution in [2.24, 2.45) is 0 Å². The van der Waals surface area contributed by atoms with Gasteiger partial charge in [-0.3, -0.25) is 0 Å². The van der Waals surface area contributed by atoms with E-state index in [1.54, 1.807) is 0 Å². The molecular formula is C12H16N3O5RbS. The molecule has 1 atom stereocenters. The van der Waals surface area contributed by atoms with Gasteiger partial charge in [0.2, 0.25) is 0 Å². The number of aromatic hydroxyl groups is 1. The molecule has 2 rings (SSSR count). The van der Waals surface area contributed by atoms with Crippen LogP contribution >= 0.6 is 0 Å². The average molecular weight is 400 g/mol. The van der Waals surface area contributed by atoms with E-state index < -0.39 is 33.0 Å². The molecular weight excluding hydrogens is 384 g/mol. The van der Waals surface area contributed by atoms with Crippen LogP contribution in [-0.4, -0.2) is 107 Å². The molecule has 0 amide bonds. The summed E-state index contributed by atoms with van der Waals surface area (Å²) in [6, 6.07) is -0.558. The number of carbonyl (C=O) groups excluding carboxylic acids is 1. The number of Topliss-reactive ketones (excluding diaryl/α,β-unsaturated/α-hetero) is 1. The number of aromatic nitrogens is 2. The molecule has 10 heteroatoms. The van der Waals surface area contributed by atoms with Gasteiger partial charge >= 0.3 is 169 Å². The molecule has 0 aliphatic carbocycles. The summed E-state index contributed by atoms with van der Waals surface area (Å²) >= 11 is 0.309. The molecule has 1 aliphatic heterocycles. The zero-order valence-corrected chi connectivity index (χ0v) is 18.5. The molecule has 0 aromatic carbocycles. The molecule has 1 aromatic heterocycles. The van der Waals surface area contributed by atoms with E-state index in [-0.39, 0.29) is 17.3 Å². The van der Waals surface area contributed by atoms with Gasteiger partial charge in [0.05, 0.1) is 0 Å². The van der Waals surface area contributed by atoms with Crippen molar-refractivity contribution in [2.75, 3.05) is 18.2 Å². The standard InChI is InChI=1S/C12H16N3O5S.Rb/c1-7(16)9-10(17)12(18)15-5-4-14(2)8(11(15)13-9)6-21(3,19)20;/h8,17H,2,4-6H2,1,3H3;. The maximum atomic E-state index is 12.2. The van der Waals surface area contributed by atoms with Crippen LogP contribution < -0.4 is 5.56 Å². The minimum atomic E-state index is -3.29. The number of ketones is 1. The van der Waals surface area contributed by atoms with E-state index in [1.807, 2.05) is 4.90 Å². The first-order valence-corrected chi connectivity index (χ1v) is 12.5. The summed E-state index contributed by atoms with van der Waals surface area (Å²) in [5.74, 6) is -1.11. The van der Waals surface area contributed by atoms with Crippen molar-refractivity contribution in [3.8, 4) is 5.75 Å². The second-order valence-electron chi connectivity index (χ2n) is 5.42. The molecule has 1 N–H and O–H groups in total. The van der Waals surface area contributed by atoms with Crippen LogP contribution in [0, 0.1) is 0 Å². The van der Waals surface area contributed by atoms with E-state index in [0.717, 1.165) is 5.87 Å². The van der Waals surface area contributed by atoms with Gasteiger partial charge in [0.15, 0.2) is 0 Å². The molecule has 0 bridgehead atoms. The van der Waals surface area contributed by atoms with E-state index >= 15 is 0 Å². The molecule has 1 unspecified atom stereocenters. The Balaban J connectivity index is 2.67. The molecule has 1 aliphatic rings. The quantitative estimate of drug-likeness (QED) is 0.625. The van der Waals surface area contributed by atoms with Gasteiger partial charge in [-0.1, -0.05) is 0 Å². The molecule has 116 valence electrons. The van der Waals surface area contributed by atoms with Crippen LogP contribution in [0.4, 0.5) is 0 Å². The van der Waals surface area contributed by atoms with E-state index in [9.17, 15) is 23.1 Å². The van der Waals surface area contributed by atoms with Crippen molar-refractivity contribution in [3.63, 3.8) is 0 Å². The summed E-state index contributed by atoms with van der Waals surface area (Å²) in [6.45, 7) is 2.06. The Morgan fingerprint density at radius 2 is 2.09 bits per heavy atom. The fraction of sp³-hybridized carbons (Fsp3) is 0.583. The topological polar surface area (TPSA) is 110 Å². The van der Waals surface area contributed by atoms with Crippen LogP contribution in [0.3, 0.4) is 0 Å². The molecule has 1 aromatic rings. The van der Waals surface area contributed by atoms with Gasteiger partial charge in [0, 0.05) is 0 Å². The third-order valence-corrected chi connectivity index (χ3v) is 6.64. The summed E-state index contributed by atoms with van der Waals surface area (Å²) in [5, 5.41) is 9.83. The van der Waals surface area contributed by atoms with Crippen LogP contribution in [-0.2, 0) is 16.4 Å². The Kier molecular flexibility index (Phi) is 5.77. The van der Waals surface area contributed by atoms with Crippen LogP contribution in [0.2, 0.25) is 0 Å². The maximum absolute atomic E-state index is 12.2. The van der Waals surface area contributed by atoms with Crippen molar-refractivity contribution in [1.29, 1.82) is 0 Å². The van der Waals surface area contributed by atoms with E-state index in [4.69, 9.17) is 0 Å². The van der Waals surface area contributed by atoms with Crippen molar-refractivity contribution in [3.05, 3.63) is 21.9 Å². The van der Waals surface area contributed by atoms with Crippen LogP contribution in [0.5, 0.6) is 5.75 Å². The fourth-order valence-electron chi connectivity index (χ4n) is 2.67. The normalized spacial score (nSPS) is 19.0. The molecule has 0 fully saturated rings. The average Bonchev–Trinajstić information content (AvgIpc) is 2.41. The van der Waals surface area contributed by atoms with Gasteiger partial charge < -0.3 is 0 Å². The van der Waals surface area contributed by atoms with Gasteiger partial charge in [-0.25, -0.2) is 0 Å². The third-order valence-electron chi connectivity index (χ3n) is 3.72. The number of nitrogens with zero attached hydrogens (tertiary/aromatic N) is 3. The van der Waals surface area contributed by atoms with Gasteiger partial charge in [0.1, 0.15) is 0 Å². The van der Waals surface area contributed by atoms with E-state index in [0.29, 0.717) is 68.6 Å². The summed E-state index contributed by atoms with van der Waals surface area (Å²) in [7, 11) is -3.29. The van der Waals surface area contributed by atoms with Gasteiger partial charge in [-0.2, -0.15) is 0 Å². The first-order chi connectivity index (χ1) is 10.2. The zero-order valence-electron chi connectivity index (χ0n) is 12.7. The van der Waals surface area contributed by atoms with Gasteiger partial charge in [-0.15, -0.1) is 0 Å². The molecule has 0 saturated heterocycles. The minimum absolute atomic E-state index is 0.165. The fourth-order valence-corrected chi connectivity index (χ4v) is 5.46. The number of hydrogen-bond acceptors (Lipinski definition) is 7. The van der Waals surface area contributed by atoms with Crippen molar-refractivity contribution in [1.82, 2.24) is 14.5 Å². The first-order valence-electron chi connectivity index (χ1n) is 6.92. The monoisotopic (exact) mass is 399 g/mol. The Labute approximate surface area is 167 Å². The SMILES string of the molecule is CC(=O)c1nc2n(c(=O)c1O)CCN([CH2][Rb])C2CS(C)(=O)=O. The Morgan fingerprint density at radius 3 is 2.59 bits per heavy atom. The summed E-state index contributed by atoms with van der Waals surface area (Å²) in [6.07, 6.45) is 1.13. The number of carbonyl (C=O) groups is 1. The summed E-state index contributed by atoms with van der Waals surface area (Å²) < 4.78 is 25.5. The molecule has 2 heterocycles. The Hall–Kier alpha value is 0.0652. The number of fused-ring (bicyclic) bond motifs is 1. The van der Waals surface area contributed by atoms with Crippen molar-refractivity contribution in [2.45, 2.75) is 19.5 Å². The Morgan fingerprint density at radius 1 is 1.45 bits per heavy atom. The summed E-state index contributed by atoms with van der Waals surface area (Å²) in [5.41, 5.74) is -0.982. The molecule has 22 heavy (non-hydrogen) atoms. The zero-order chi connectivity index (χ0) is 16.7. The molecule has 0 radical (unpaired) electrons. The van der Waals surface area contributed by atoms with Crippen LogP contribution in [0.1, 0.15) is 29.3 Å². The predicted molar refractivity (Wildman–Crippen MR) is 79.9 cm³/mol. The number of hydrogen-bond donors (Lipinski definition) is 1. The molecule has 0 saturated carbocycles. The first kappa shape index (κ1) is 18.4. The second kappa shape index (κ2) is 6.90. The number of rotatable bonds is 4. The van der Waals surface area contributed by atoms with Crippen molar-refractivity contribution < 1.29 is 18.3 Å². The van der Waals surface area contributed by atoms with Crippen LogP contribution in [0.15, 0.2) is 4.79 Å². The van der Waals surface area contributed by atoms with E-state index in [2.05, 4.69) is 4.98 Å². The second-order valence-corrected chi connectivity index (χ2v) is 9.16. The van der Waals surface area contributed by atoms with Gasteiger partial charge in [-0.05, 0) is 0 Å². The van der Waals surface area contributed by atoms with Crippen molar-refractivity contribution >= 4 is 71.2 Å². The van der Waals surface area contributed by atoms with Gasteiger partial charge in [0.25, 0.3) is 0 Å².